The Bertz CT molecular complexity index is 377. The molecular formula is C6H14NO6PS. The summed E-state index contributed by atoms with van der Waals surface area (Å²) in [4.78, 5) is 19.4. The van der Waals surface area contributed by atoms with E-state index in [1.807, 2.05) is 0 Å². The molecule has 9 heteroatoms. The number of hydrogen-bond donors (Lipinski definition) is 2. The van der Waals surface area contributed by atoms with Crippen molar-refractivity contribution in [3.8, 4) is 0 Å². The molecule has 0 fully saturated rings. The molecule has 7 nitrogen and oxygen atoms in total. The van der Waals surface area contributed by atoms with Crippen LogP contribution in [0.15, 0.2) is 0 Å². The molecule has 2 N–H and O–H groups in total. The van der Waals surface area contributed by atoms with Gasteiger partial charge in [-0.05, 0) is 0 Å². The summed E-state index contributed by atoms with van der Waals surface area (Å²) < 4.78 is 33.9. The summed E-state index contributed by atoms with van der Waals surface area (Å²) in [7, 11) is -6.09. The van der Waals surface area contributed by atoms with E-state index < -0.39 is 42.2 Å². The van der Waals surface area contributed by atoms with Crippen LogP contribution >= 0.6 is 7.37 Å². The Balaban J connectivity index is 4.39. The van der Waals surface area contributed by atoms with Gasteiger partial charge in [-0.1, -0.05) is 0 Å². The lowest BCUT2D eigenvalue weighted by atomic mass is 10.5. The van der Waals surface area contributed by atoms with Crippen LogP contribution in [0.4, 0.5) is 0 Å². The molecule has 0 rings (SSSR count). The maximum Gasteiger partial charge on any atom is 0.303 e. The molecule has 15 heavy (non-hydrogen) atoms. The second-order valence-corrected chi connectivity index (χ2v) is 7.73. The van der Waals surface area contributed by atoms with Crippen LogP contribution < -0.4 is 0 Å². The highest BCUT2D eigenvalue weighted by atomic mass is 32.2. The average Bonchev–Trinajstić information content (AvgIpc) is 1.98. The third-order valence-corrected chi connectivity index (χ3v) is 4.90. The number of nitrogens with zero attached hydrogens (tertiary/aromatic N) is 1. The number of carbonyl (C=O) groups is 1. The van der Waals surface area contributed by atoms with Crippen LogP contribution in [-0.4, -0.2) is 54.4 Å². The summed E-state index contributed by atoms with van der Waals surface area (Å²) in [6.45, 7) is 0. The first-order valence-corrected chi connectivity index (χ1v) is 7.86. The Kier molecular flexibility index (Phi) is 4.92. The first-order valence-electron chi connectivity index (χ1n) is 3.98. The predicted octanol–water partition coefficient (Wildman–Crippen LogP) is -0.420. The molecule has 0 aromatic carbocycles. The maximum atomic E-state index is 11.4. The van der Waals surface area contributed by atoms with Crippen molar-refractivity contribution in [2.24, 2.45) is 0 Å². The number of sulfonamides is 1. The van der Waals surface area contributed by atoms with Gasteiger partial charge in [0.15, 0.2) is 0 Å². The van der Waals surface area contributed by atoms with Gasteiger partial charge in [-0.2, -0.15) is 4.31 Å². The van der Waals surface area contributed by atoms with Crippen LogP contribution in [0.5, 0.6) is 0 Å². The molecule has 0 radical (unpaired) electrons. The van der Waals surface area contributed by atoms with Gasteiger partial charge in [0, 0.05) is 13.2 Å². The molecule has 0 aliphatic heterocycles. The molecule has 0 aromatic rings. The Morgan fingerprint density at radius 1 is 1.47 bits per heavy atom. The Morgan fingerprint density at radius 3 is 2.27 bits per heavy atom. The summed E-state index contributed by atoms with van der Waals surface area (Å²) in [5.74, 6) is -1.19. The van der Waals surface area contributed by atoms with Crippen LogP contribution in [0.3, 0.4) is 0 Å². The van der Waals surface area contributed by atoms with Crippen molar-refractivity contribution in [2.45, 2.75) is 6.42 Å². The second kappa shape index (κ2) is 5.07. The molecule has 0 saturated heterocycles. The van der Waals surface area contributed by atoms with Gasteiger partial charge in [-0.15, -0.1) is 0 Å². The Hall–Kier alpha value is -0.430. The maximum absolute atomic E-state index is 11.4. The summed E-state index contributed by atoms with van der Waals surface area (Å²) in [5.41, 5.74) is 0. The highest BCUT2D eigenvalue weighted by Gasteiger charge is 2.25. The zero-order valence-electron chi connectivity index (χ0n) is 8.45. The number of hydrogen-bond acceptors (Lipinski definition) is 4. The van der Waals surface area contributed by atoms with E-state index in [0.717, 1.165) is 10.6 Å². The van der Waals surface area contributed by atoms with Crippen LogP contribution in [0, 0.1) is 0 Å². The van der Waals surface area contributed by atoms with E-state index in [2.05, 4.69) is 0 Å². The minimum atomic E-state index is -3.73. The molecule has 0 aromatic heterocycles. The first-order chi connectivity index (χ1) is 6.54. The van der Waals surface area contributed by atoms with Gasteiger partial charge in [0.05, 0.1) is 19.0 Å². The average molecular weight is 259 g/mol. The van der Waals surface area contributed by atoms with Crippen molar-refractivity contribution < 1.29 is 27.8 Å². The quantitative estimate of drug-likeness (QED) is 0.626. The zero-order valence-corrected chi connectivity index (χ0v) is 10.2. The van der Waals surface area contributed by atoms with Gasteiger partial charge in [0.2, 0.25) is 17.4 Å². The highest BCUT2D eigenvalue weighted by molar-refractivity contribution is 7.88. The zero-order chi connectivity index (χ0) is 12.3. The van der Waals surface area contributed by atoms with Crippen LogP contribution in [-0.2, 0) is 19.4 Å². The van der Waals surface area contributed by atoms with E-state index in [-0.39, 0.29) is 0 Å². The Morgan fingerprint density at radius 2 is 1.93 bits per heavy atom. The molecule has 0 aliphatic carbocycles. The molecular weight excluding hydrogens is 245 g/mol. The lowest BCUT2D eigenvalue weighted by Gasteiger charge is -2.17. The van der Waals surface area contributed by atoms with Crippen molar-refractivity contribution in [2.75, 3.05) is 25.8 Å². The van der Waals surface area contributed by atoms with Crippen molar-refractivity contribution in [1.82, 2.24) is 4.31 Å². The fourth-order valence-electron chi connectivity index (χ4n) is 0.757. The summed E-state index contributed by atoms with van der Waals surface area (Å²) in [6, 6.07) is 0. The van der Waals surface area contributed by atoms with Gasteiger partial charge in [0.1, 0.15) is 0 Å². The molecule has 1 unspecified atom stereocenters. The third kappa shape index (κ3) is 6.62. The summed E-state index contributed by atoms with van der Waals surface area (Å²) in [5, 5.41) is 8.31. The van der Waals surface area contributed by atoms with Gasteiger partial charge in [-0.3, -0.25) is 9.36 Å². The molecule has 0 amide bonds. The monoisotopic (exact) mass is 259 g/mol. The van der Waals surface area contributed by atoms with E-state index in [1.54, 1.807) is 0 Å². The standard InChI is InChI=1S/C6H14NO6PS/c1-7(15(2,12)13)5-14(10,11)4-3-6(8)9/h3-5H2,1-2H3,(H,8,9)(H,10,11). The van der Waals surface area contributed by atoms with Gasteiger partial charge in [-0.25, -0.2) is 8.42 Å². The molecule has 90 valence electrons. The minimum absolute atomic E-state index is 0.428. The van der Waals surface area contributed by atoms with Gasteiger partial charge < -0.3 is 10.00 Å². The number of carboxylic acids is 1. The van der Waals surface area contributed by atoms with Crippen molar-refractivity contribution in [3.63, 3.8) is 0 Å². The fourth-order valence-corrected chi connectivity index (χ4v) is 3.44. The molecule has 0 spiro atoms. The SMILES string of the molecule is CN(CP(=O)(O)CCC(=O)O)S(C)(=O)=O. The van der Waals surface area contributed by atoms with Gasteiger partial charge in [0.25, 0.3) is 0 Å². The Labute approximate surface area is 88.2 Å². The van der Waals surface area contributed by atoms with Crippen molar-refractivity contribution in [1.29, 1.82) is 0 Å². The van der Waals surface area contributed by atoms with Crippen molar-refractivity contribution >= 4 is 23.4 Å². The molecule has 0 aliphatic rings. The van der Waals surface area contributed by atoms with Crippen LogP contribution in [0.1, 0.15) is 6.42 Å². The second-order valence-electron chi connectivity index (χ2n) is 3.22. The first kappa shape index (κ1) is 14.6. The lowest BCUT2D eigenvalue weighted by Crippen LogP contribution is -2.27. The molecule has 0 saturated carbocycles. The highest BCUT2D eigenvalue weighted by Crippen LogP contribution is 2.41. The smallest absolute Gasteiger partial charge is 0.303 e. The van der Waals surface area contributed by atoms with Crippen LogP contribution in [0.2, 0.25) is 0 Å². The van der Waals surface area contributed by atoms with E-state index in [9.17, 15) is 22.7 Å². The largest absolute Gasteiger partial charge is 0.481 e. The van der Waals surface area contributed by atoms with Crippen molar-refractivity contribution in [3.05, 3.63) is 0 Å². The van der Waals surface area contributed by atoms with E-state index in [1.165, 1.54) is 7.05 Å². The molecule has 0 heterocycles. The fraction of sp³-hybridized carbons (Fsp3) is 0.833. The minimum Gasteiger partial charge on any atom is -0.481 e. The predicted molar refractivity (Wildman–Crippen MR) is 54.4 cm³/mol. The topological polar surface area (TPSA) is 112 Å². The third-order valence-electron chi connectivity index (χ3n) is 1.66. The van der Waals surface area contributed by atoms with Crippen LogP contribution in [0.25, 0.3) is 0 Å². The van der Waals surface area contributed by atoms with Gasteiger partial charge >= 0.3 is 5.97 Å². The normalized spacial score (nSPS) is 16.3. The van der Waals surface area contributed by atoms with E-state index >= 15 is 0 Å². The summed E-state index contributed by atoms with van der Waals surface area (Å²) >= 11 is 0. The summed E-state index contributed by atoms with van der Waals surface area (Å²) in [6.07, 6.45) is -0.531. The number of aliphatic carboxylic acids is 1. The lowest BCUT2D eigenvalue weighted by molar-refractivity contribution is -0.136. The molecule has 0 bridgehead atoms. The molecule has 1 atom stereocenters. The number of rotatable bonds is 6. The van der Waals surface area contributed by atoms with E-state index in [4.69, 9.17) is 5.11 Å². The number of carboxylic acid groups (broad SMARTS) is 1. The van der Waals surface area contributed by atoms with E-state index in [0.29, 0.717) is 0 Å².